The van der Waals surface area contributed by atoms with Crippen LogP contribution >= 0.6 is 11.3 Å². The Morgan fingerprint density at radius 3 is 2.32 bits per heavy atom. The minimum Gasteiger partial charge on any atom is -0.353 e. The van der Waals surface area contributed by atoms with Crippen LogP contribution in [0.15, 0.2) is 0 Å². The Labute approximate surface area is 192 Å². The van der Waals surface area contributed by atoms with Crippen molar-refractivity contribution in [2.24, 2.45) is 0 Å². The summed E-state index contributed by atoms with van der Waals surface area (Å²) in [6, 6.07) is 0. The summed E-state index contributed by atoms with van der Waals surface area (Å²) < 4.78 is 0. The molecule has 1 fully saturated rings. The monoisotopic (exact) mass is 443 g/mol. The number of hydrogen-bond acceptors (Lipinski definition) is 6. The maximum atomic E-state index is 5.15. The van der Waals surface area contributed by atoms with Crippen LogP contribution < -0.4 is 4.90 Å². The van der Waals surface area contributed by atoms with Gasteiger partial charge in [0.2, 0.25) is 0 Å². The van der Waals surface area contributed by atoms with Gasteiger partial charge in [-0.05, 0) is 57.2 Å². The summed E-state index contributed by atoms with van der Waals surface area (Å²) >= 11 is 1.94. The van der Waals surface area contributed by atoms with Crippen LogP contribution in [-0.4, -0.2) is 72.1 Å². The molecule has 172 valence electrons. The third-order valence-electron chi connectivity index (χ3n) is 6.81. The van der Waals surface area contributed by atoms with E-state index in [0.29, 0.717) is 5.92 Å². The quantitative estimate of drug-likeness (QED) is 0.549. The lowest BCUT2D eigenvalue weighted by Crippen LogP contribution is -2.49. The maximum absolute atomic E-state index is 5.15. The Hall–Kier alpha value is -1.24. The number of rotatable bonds is 9. The van der Waals surface area contributed by atoms with Crippen molar-refractivity contribution in [1.29, 1.82) is 0 Å². The fourth-order valence-electron chi connectivity index (χ4n) is 5.08. The number of hydrogen-bond donors (Lipinski definition) is 0. The predicted octanol–water partition coefficient (Wildman–Crippen LogP) is 4.94. The van der Waals surface area contributed by atoms with E-state index >= 15 is 0 Å². The van der Waals surface area contributed by atoms with Crippen LogP contribution in [0.3, 0.4) is 0 Å². The summed E-state index contributed by atoms with van der Waals surface area (Å²) in [6.45, 7) is 18.3. The lowest BCUT2D eigenvalue weighted by Gasteiger charge is -2.37. The highest BCUT2D eigenvalue weighted by Crippen LogP contribution is 2.40. The highest BCUT2D eigenvalue weighted by atomic mass is 32.1. The van der Waals surface area contributed by atoms with E-state index in [1.807, 2.05) is 11.3 Å². The van der Waals surface area contributed by atoms with Crippen LogP contribution in [0.25, 0.3) is 10.2 Å². The molecule has 2 aromatic heterocycles. The molecular formula is C25H41N5S. The SMILES string of the molecule is CCCN(CCC)CCN1CCN(c2nc(C(C)C)nc3sc4c(c23)CCCC4)CC1. The van der Waals surface area contributed by atoms with Gasteiger partial charge in [0.1, 0.15) is 16.5 Å². The lowest BCUT2D eigenvalue weighted by molar-refractivity contribution is 0.196. The van der Waals surface area contributed by atoms with Gasteiger partial charge in [-0.15, -0.1) is 11.3 Å². The number of aryl methyl sites for hydroxylation is 2. The smallest absolute Gasteiger partial charge is 0.141 e. The van der Waals surface area contributed by atoms with E-state index in [1.165, 1.54) is 80.7 Å². The number of fused-ring (bicyclic) bond motifs is 3. The molecule has 0 unspecified atom stereocenters. The third-order valence-corrected chi connectivity index (χ3v) is 8.00. The first kappa shape index (κ1) is 22.9. The molecule has 3 heterocycles. The Morgan fingerprint density at radius 1 is 0.935 bits per heavy atom. The Bertz CT molecular complexity index is 847. The first-order chi connectivity index (χ1) is 15.1. The molecule has 6 heteroatoms. The highest BCUT2D eigenvalue weighted by molar-refractivity contribution is 7.19. The molecule has 0 amide bonds. The summed E-state index contributed by atoms with van der Waals surface area (Å²) in [6.07, 6.45) is 7.57. The first-order valence-electron chi connectivity index (χ1n) is 12.6. The normalized spacial score (nSPS) is 17.8. The number of aromatic nitrogens is 2. The van der Waals surface area contributed by atoms with Crippen LogP contribution in [0, 0.1) is 0 Å². The molecule has 1 aliphatic carbocycles. The average Bonchev–Trinajstić information content (AvgIpc) is 3.16. The minimum absolute atomic E-state index is 0.367. The van der Waals surface area contributed by atoms with E-state index in [-0.39, 0.29) is 0 Å². The fraction of sp³-hybridized carbons (Fsp3) is 0.760. The minimum atomic E-state index is 0.367. The van der Waals surface area contributed by atoms with Crippen molar-refractivity contribution in [2.45, 2.75) is 72.1 Å². The average molecular weight is 444 g/mol. The Balaban J connectivity index is 1.49. The van der Waals surface area contributed by atoms with Gasteiger partial charge < -0.3 is 9.80 Å². The topological polar surface area (TPSA) is 35.5 Å². The molecule has 0 atom stereocenters. The van der Waals surface area contributed by atoms with E-state index in [0.717, 1.165) is 32.0 Å². The fourth-order valence-corrected chi connectivity index (χ4v) is 6.34. The molecule has 0 bridgehead atoms. The van der Waals surface area contributed by atoms with Crippen molar-refractivity contribution in [2.75, 3.05) is 57.3 Å². The van der Waals surface area contributed by atoms with Gasteiger partial charge in [-0.3, -0.25) is 4.90 Å². The second-order valence-electron chi connectivity index (χ2n) is 9.62. The molecule has 0 aromatic carbocycles. The molecule has 0 N–H and O–H groups in total. The standard InChI is InChI=1S/C25H41N5S/c1-5-11-28(12-6-2)13-14-29-15-17-30(18-16-29)24-22-20-9-7-8-10-21(20)31-25(22)27-23(26-24)19(3)4/h19H,5-18H2,1-4H3. The predicted molar refractivity (Wildman–Crippen MR) is 134 cm³/mol. The summed E-state index contributed by atoms with van der Waals surface area (Å²) in [5.41, 5.74) is 1.56. The molecule has 1 aliphatic heterocycles. The van der Waals surface area contributed by atoms with Crippen LogP contribution in [0.1, 0.15) is 75.6 Å². The first-order valence-corrected chi connectivity index (χ1v) is 13.4. The van der Waals surface area contributed by atoms with Gasteiger partial charge in [-0.25, -0.2) is 9.97 Å². The highest BCUT2D eigenvalue weighted by Gasteiger charge is 2.26. The number of thiophene rings is 1. The van der Waals surface area contributed by atoms with Gasteiger partial charge in [0, 0.05) is 50.1 Å². The van der Waals surface area contributed by atoms with Gasteiger partial charge >= 0.3 is 0 Å². The summed E-state index contributed by atoms with van der Waals surface area (Å²) in [5, 5.41) is 1.38. The number of piperazine rings is 1. The van der Waals surface area contributed by atoms with Gasteiger partial charge in [-0.2, -0.15) is 0 Å². The van der Waals surface area contributed by atoms with Crippen LogP contribution in [0.5, 0.6) is 0 Å². The molecule has 2 aromatic rings. The summed E-state index contributed by atoms with van der Waals surface area (Å²) in [7, 11) is 0. The molecule has 0 radical (unpaired) electrons. The Morgan fingerprint density at radius 2 is 1.65 bits per heavy atom. The molecule has 2 aliphatic rings. The van der Waals surface area contributed by atoms with Crippen molar-refractivity contribution in [3.8, 4) is 0 Å². The summed E-state index contributed by atoms with van der Waals surface area (Å²) in [4.78, 5) is 20.8. The van der Waals surface area contributed by atoms with E-state index in [1.54, 1.807) is 10.4 Å². The second-order valence-corrected chi connectivity index (χ2v) is 10.7. The van der Waals surface area contributed by atoms with Crippen molar-refractivity contribution in [3.05, 3.63) is 16.3 Å². The molecule has 4 rings (SSSR count). The zero-order valence-electron chi connectivity index (χ0n) is 20.1. The summed E-state index contributed by atoms with van der Waals surface area (Å²) in [5.74, 6) is 2.61. The zero-order chi connectivity index (χ0) is 21.8. The van der Waals surface area contributed by atoms with Gasteiger partial charge in [0.05, 0.1) is 5.39 Å². The van der Waals surface area contributed by atoms with Gasteiger partial charge in [0.15, 0.2) is 0 Å². The molecule has 0 saturated carbocycles. The van der Waals surface area contributed by atoms with Crippen LogP contribution in [0.2, 0.25) is 0 Å². The van der Waals surface area contributed by atoms with Crippen molar-refractivity contribution < 1.29 is 0 Å². The largest absolute Gasteiger partial charge is 0.353 e. The van der Waals surface area contributed by atoms with Gasteiger partial charge in [0.25, 0.3) is 0 Å². The molecule has 1 saturated heterocycles. The van der Waals surface area contributed by atoms with E-state index in [4.69, 9.17) is 9.97 Å². The van der Waals surface area contributed by atoms with E-state index in [2.05, 4.69) is 42.4 Å². The molecule has 5 nitrogen and oxygen atoms in total. The second kappa shape index (κ2) is 10.6. The molecule has 0 spiro atoms. The van der Waals surface area contributed by atoms with E-state index in [9.17, 15) is 0 Å². The van der Waals surface area contributed by atoms with Crippen LogP contribution in [-0.2, 0) is 12.8 Å². The third kappa shape index (κ3) is 5.23. The molecule has 31 heavy (non-hydrogen) atoms. The molecular weight excluding hydrogens is 402 g/mol. The van der Waals surface area contributed by atoms with Crippen molar-refractivity contribution in [3.63, 3.8) is 0 Å². The zero-order valence-corrected chi connectivity index (χ0v) is 20.9. The van der Waals surface area contributed by atoms with Crippen molar-refractivity contribution in [1.82, 2.24) is 19.8 Å². The Kier molecular flexibility index (Phi) is 7.83. The lowest BCUT2D eigenvalue weighted by atomic mass is 9.96. The van der Waals surface area contributed by atoms with Gasteiger partial charge in [-0.1, -0.05) is 27.7 Å². The number of anilines is 1. The maximum Gasteiger partial charge on any atom is 0.141 e. The number of nitrogens with zero attached hydrogens (tertiary/aromatic N) is 5. The van der Waals surface area contributed by atoms with Crippen molar-refractivity contribution >= 4 is 27.4 Å². The van der Waals surface area contributed by atoms with E-state index < -0.39 is 0 Å². The van der Waals surface area contributed by atoms with Crippen LogP contribution in [0.4, 0.5) is 5.82 Å².